The van der Waals surface area contributed by atoms with E-state index in [0.29, 0.717) is 17.0 Å². The maximum Gasteiger partial charge on any atom is 0.331 e. The van der Waals surface area contributed by atoms with Crippen LogP contribution >= 0.6 is 0 Å². The van der Waals surface area contributed by atoms with Crippen molar-refractivity contribution in [2.75, 3.05) is 0 Å². The fourth-order valence-corrected chi connectivity index (χ4v) is 1.63. The van der Waals surface area contributed by atoms with E-state index in [1.807, 2.05) is 0 Å². The molecule has 1 heterocycles. The fraction of sp³-hybridized carbons (Fsp3) is 0.143. The molecule has 0 amide bonds. The molecule has 0 spiro atoms. The number of nitrogens with zero attached hydrogens (tertiary/aromatic N) is 2. The van der Waals surface area contributed by atoms with E-state index >= 15 is 0 Å². The summed E-state index contributed by atoms with van der Waals surface area (Å²) in [5.41, 5.74) is 0.755. The molecule has 1 aromatic carbocycles. The average Bonchev–Trinajstić information content (AvgIpc) is 2.88. The second-order valence-corrected chi connectivity index (χ2v) is 4.19. The van der Waals surface area contributed by atoms with Crippen LogP contribution in [0.25, 0.3) is 6.08 Å². The lowest BCUT2D eigenvalue weighted by atomic mass is 10.1. The number of esters is 1. The first-order chi connectivity index (χ1) is 10.1. The number of para-hydroxylation sites is 1. The van der Waals surface area contributed by atoms with Gasteiger partial charge in [-0.25, -0.2) is 4.79 Å². The molecule has 0 radical (unpaired) electrons. The van der Waals surface area contributed by atoms with Gasteiger partial charge in [-0.2, -0.15) is 0 Å². The van der Waals surface area contributed by atoms with Gasteiger partial charge in [-0.1, -0.05) is 17.3 Å². The van der Waals surface area contributed by atoms with E-state index in [2.05, 4.69) is 5.16 Å². The minimum Gasteiger partial charge on any atom is -0.456 e. The molecule has 7 nitrogen and oxygen atoms in total. The molecule has 2 rings (SSSR count). The summed E-state index contributed by atoms with van der Waals surface area (Å²) in [4.78, 5) is 21.8. The number of ether oxygens (including phenoxy) is 1. The molecule has 21 heavy (non-hydrogen) atoms. The molecule has 0 fully saturated rings. The topological polar surface area (TPSA) is 95.5 Å². The van der Waals surface area contributed by atoms with Gasteiger partial charge < -0.3 is 9.26 Å². The minimum absolute atomic E-state index is 0.0165. The summed E-state index contributed by atoms with van der Waals surface area (Å²) in [7, 11) is 0. The van der Waals surface area contributed by atoms with Gasteiger partial charge in [0.2, 0.25) is 0 Å². The number of carbonyl (C=O) groups excluding carboxylic acids is 1. The van der Waals surface area contributed by atoms with Gasteiger partial charge in [-0.3, -0.25) is 10.1 Å². The molecule has 0 unspecified atom stereocenters. The lowest BCUT2D eigenvalue weighted by Crippen LogP contribution is -2.01. The fourth-order valence-electron chi connectivity index (χ4n) is 1.63. The third kappa shape index (κ3) is 4.00. The Labute approximate surface area is 120 Å². The van der Waals surface area contributed by atoms with Crippen molar-refractivity contribution in [3.05, 3.63) is 63.5 Å². The van der Waals surface area contributed by atoms with Gasteiger partial charge in [0.1, 0.15) is 18.1 Å². The van der Waals surface area contributed by atoms with Crippen molar-refractivity contribution >= 4 is 17.7 Å². The van der Waals surface area contributed by atoms with E-state index < -0.39 is 10.9 Å². The highest BCUT2D eigenvalue weighted by Gasteiger charge is 2.10. The first kappa shape index (κ1) is 14.4. The molecule has 0 atom stereocenters. The molecule has 0 saturated carbocycles. The number of aryl methyl sites for hydroxylation is 1. The van der Waals surface area contributed by atoms with Crippen LogP contribution < -0.4 is 0 Å². The van der Waals surface area contributed by atoms with Gasteiger partial charge in [0.15, 0.2) is 0 Å². The van der Waals surface area contributed by atoms with Crippen LogP contribution in [0.5, 0.6) is 0 Å². The monoisotopic (exact) mass is 288 g/mol. The molecule has 7 heteroatoms. The van der Waals surface area contributed by atoms with E-state index in [-0.39, 0.29) is 12.3 Å². The van der Waals surface area contributed by atoms with Crippen LogP contribution in [0, 0.1) is 17.0 Å². The summed E-state index contributed by atoms with van der Waals surface area (Å²) < 4.78 is 9.78. The largest absolute Gasteiger partial charge is 0.456 e. The highest BCUT2D eigenvalue weighted by Crippen LogP contribution is 2.18. The SMILES string of the molecule is Cc1cc(COC(=O)/C=C/c2ccccc2[N+](=O)[O-])no1. The Kier molecular flexibility index (Phi) is 4.45. The van der Waals surface area contributed by atoms with Crippen LogP contribution in [0.4, 0.5) is 5.69 Å². The van der Waals surface area contributed by atoms with Crippen molar-refractivity contribution in [3.8, 4) is 0 Å². The average molecular weight is 288 g/mol. The third-order valence-corrected chi connectivity index (χ3v) is 2.57. The number of aromatic nitrogens is 1. The van der Waals surface area contributed by atoms with Gasteiger partial charge in [-0.05, 0) is 19.1 Å². The number of hydrogen-bond donors (Lipinski definition) is 0. The Morgan fingerprint density at radius 1 is 1.48 bits per heavy atom. The van der Waals surface area contributed by atoms with Crippen LogP contribution in [0.2, 0.25) is 0 Å². The van der Waals surface area contributed by atoms with E-state index in [1.54, 1.807) is 31.2 Å². The summed E-state index contributed by atoms with van der Waals surface area (Å²) in [5.74, 6) is 0.00491. The molecule has 0 aliphatic heterocycles. The second-order valence-electron chi connectivity index (χ2n) is 4.19. The Hall–Kier alpha value is -2.96. The Bertz CT molecular complexity index is 690. The summed E-state index contributed by atoms with van der Waals surface area (Å²) in [6, 6.07) is 7.77. The molecule has 0 aliphatic rings. The van der Waals surface area contributed by atoms with Crippen LogP contribution in [0.3, 0.4) is 0 Å². The zero-order valence-electron chi connectivity index (χ0n) is 11.2. The molecule has 0 N–H and O–H groups in total. The number of carbonyl (C=O) groups is 1. The lowest BCUT2D eigenvalue weighted by molar-refractivity contribution is -0.385. The van der Waals surface area contributed by atoms with E-state index in [1.165, 1.54) is 12.1 Å². The van der Waals surface area contributed by atoms with Gasteiger partial charge in [0, 0.05) is 18.2 Å². The molecule has 1 aromatic heterocycles. The van der Waals surface area contributed by atoms with Crippen LogP contribution in [0.15, 0.2) is 40.9 Å². The van der Waals surface area contributed by atoms with Crippen molar-refractivity contribution < 1.29 is 19.0 Å². The quantitative estimate of drug-likeness (QED) is 0.363. The van der Waals surface area contributed by atoms with Crippen LogP contribution in [0.1, 0.15) is 17.0 Å². The Morgan fingerprint density at radius 2 is 2.24 bits per heavy atom. The third-order valence-electron chi connectivity index (χ3n) is 2.57. The maximum absolute atomic E-state index is 11.5. The second kappa shape index (κ2) is 6.47. The summed E-state index contributed by atoms with van der Waals surface area (Å²) in [6.07, 6.45) is 2.48. The summed E-state index contributed by atoms with van der Waals surface area (Å²) >= 11 is 0. The minimum atomic E-state index is -0.617. The molecule has 108 valence electrons. The lowest BCUT2D eigenvalue weighted by Gasteiger charge is -1.98. The normalized spacial score (nSPS) is 10.7. The van der Waals surface area contributed by atoms with E-state index in [0.717, 1.165) is 6.08 Å². The van der Waals surface area contributed by atoms with Crippen molar-refractivity contribution in [1.29, 1.82) is 0 Å². The van der Waals surface area contributed by atoms with Crippen molar-refractivity contribution in [1.82, 2.24) is 5.16 Å². The van der Waals surface area contributed by atoms with E-state index in [9.17, 15) is 14.9 Å². The van der Waals surface area contributed by atoms with Gasteiger partial charge in [0.25, 0.3) is 5.69 Å². The zero-order valence-corrected chi connectivity index (χ0v) is 11.2. The first-order valence-corrected chi connectivity index (χ1v) is 6.06. The predicted molar refractivity (Wildman–Crippen MR) is 73.2 cm³/mol. The number of benzene rings is 1. The molecular formula is C14H12N2O5. The highest BCUT2D eigenvalue weighted by atomic mass is 16.6. The Morgan fingerprint density at radius 3 is 2.90 bits per heavy atom. The zero-order chi connectivity index (χ0) is 15.2. The molecule has 0 bridgehead atoms. The number of rotatable bonds is 5. The Balaban J connectivity index is 1.97. The maximum atomic E-state index is 11.5. The van der Waals surface area contributed by atoms with Gasteiger partial charge >= 0.3 is 5.97 Å². The number of nitro benzene ring substituents is 1. The number of nitro groups is 1. The van der Waals surface area contributed by atoms with Crippen LogP contribution in [-0.2, 0) is 16.1 Å². The van der Waals surface area contributed by atoms with E-state index in [4.69, 9.17) is 9.26 Å². The molecule has 0 aliphatic carbocycles. The standard InChI is InChI=1S/C14H12N2O5/c1-10-8-12(15-21-10)9-20-14(17)7-6-11-4-2-3-5-13(11)16(18)19/h2-8H,9H2,1H3/b7-6+. The van der Waals surface area contributed by atoms with Gasteiger partial charge in [0.05, 0.1) is 10.5 Å². The van der Waals surface area contributed by atoms with Gasteiger partial charge in [-0.15, -0.1) is 0 Å². The van der Waals surface area contributed by atoms with Crippen molar-refractivity contribution in [3.63, 3.8) is 0 Å². The predicted octanol–water partition coefficient (Wildman–Crippen LogP) is 2.65. The van der Waals surface area contributed by atoms with Crippen molar-refractivity contribution in [2.45, 2.75) is 13.5 Å². The smallest absolute Gasteiger partial charge is 0.331 e. The van der Waals surface area contributed by atoms with Crippen molar-refractivity contribution in [2.24, 2.45) is 0 Å². The summed E-state index contributed by atoms with van der Waals surface area (Å²) in [5, 5.41) is 14.5. The molecule has 0 saturated heterocycles. The first-order valence-electron chi connectivity index (χ1n) is 6.06. The number of hydrogen-bond acceptors (Lipinski definition) is 6. The summed E-state index contributed by atoms with van der Waals surface area (Å²) in [6.45, 7) is 1.71. The molecular weight excluding hydrogens is 276 g/mol. The molecule has 2 aromatic rings. The van der Waals surface area contributed by atoms with Crippen LogP contribution in [-0.4, -0.2) is 16.0 Å². The highest BCUT2D eigenvalue weighted by molar-refractivity contribution is 5.87.